The third kappa shape index (κ3) is 4.67. The lowest BCUT2D eigenvalue weighted by Crippen LogP contribution is -2.53. The highest BCUT2D eigenvalue weighted by Gasteiger charge is 2.43. The number of anilines is 1. The number of ether oxygens (including phenoxy) is 1. The van der Waals surface area contributed by atoms with Gasteiger partial charge in [0.25, 0.3) is 5.91 Å². The van der Waals surface area contributed by atoms with Crippen LogP contribution in [0.2, 0.25) is 0 Å². The highest BCUT2D eigenvalue weighted by molar-refractivity contribution is 6.22. The third-order valence-corrected chi connectivity index (χ3v) is 7.05. The highest BCUT2D eigenvalue weighted by atomic mass is 16.5. The Morgan fingerprint density at radius 2 is 1.36 bits per heavy atom. The van der Waals surface area contributed by atoms with Crippen LogP contribution in [0.3, 0.4) is 0 Å². The molecule has 3 aromatic rings. The van der Waals surface area contributed by atoms with Gasteiger partial charge in [0, 0.05) is 26.2 Å². The third-order valence-electron chi connectivity index (χ3n) is 7.05. The maximum Gasteiger partial charge on any atom is 0.337 e. The van der Waals surface area contributed by atoms with Crippen LogP contribution in [-0.4, -0.2) is 66.9 Å². The molecule has 7 nitrogen and oxygen atoms in total. The van der Waals surface area contributed by atoms with Crippen molar-refractivity contribution in [1.29, 1.82) is 0 Å². The zero-order valence-electron chi connectivity index (χ0n) is 20.2. The van der Waals surface area contributed by atoms with Gasteiger partial charge in [0.15, 0.2) is 0 Å². The molecule has 7 heteroatoms. The van der Waals surface area contributed by atoms with Gasteiger partial charge < -0.3 is 4.74 Å². The highest BCUT2D eigenvalue weighted by Crippen LogP contribution is 2.31. The average Bonchev–Trinajstić information content (AvgIpc) is 3.23. The number of hydrogen-bond donors (Lipinski definition) is 0. The van der Waals surface area contributed by atoms with Gasteiger partial charge in [0.2, 0.25) is 5.91 Å². The van der Waals surface area contributed by atoms with E-state index in [0.29, 0.717) is 24.3 Å². The van der Waals surface area contributed by atoms with E-state index in [1.165, 1.54) is 23.1 Å². The van der Waals surface area contributed by atoms with Crippen molar-refractivity contribution >= 4 is 23.5 Å². The molecule has 184 valence electrons. The molecule has 0 bridgehead atoms. The van der Waals surface area contributed by atoms with E-state index in [9.17, 15) is 14.4 Å². The summed E-state index contributed by atoms with van der Waals surface area (Å²) in [5.41, 5.74) is 3.34. The van der Waals surface area contributed by atoms with Crippen LogP contribution in [0.4, 0.5) is 5.69 Å². The summed E-state index contributed by atoms with van der Waals surface area (Å²) in [6.07, 6.45) is 0.165. The summed E-state index contributed by atoms with van der Waals surface area (Å²) in [7, 11) is 1.32. The number of methoxy groups -OCH3 is 1. The normalized spacial score (nSPS) is 19.2. The topological polar surface area (TPSA) is 70.2 Å². The first kappa shape index (κ1) is 23.9. The lowest BCUT2D eigenvalue weighted by atomic mass is 9.96. The molecule has 1 unspecified atom stereocenters. The van der Waals surface area contributed by atoms with E-state index in [1.54, 1.807) is 24.3 Å². The number of rotatable bonds is 6. The van der Waals surface area contributed by atoms with E-state index in [1.807, 2.05) is 12.1 Å². The fraction of sp³-hybridized carbons (Fsp3) is 0.276. The van der Waals surface area contributed by atoms with Crippen molar-refractivity contribution in [3.63, 3.8) is 0 Å². The van der Waals surface area contributed by atoms with Crippen LogP contribution in [0.1, 0.15) is 33.9 Å². The molecule has 2 aliphatic rings. The Kier molecular flexibility index (Phi) is 6.93. The number of benzene rings is 3. The quantitative estimate of drug-likeness (QED) is 0.395. The summed E-state index contributed by atoms with van der Waals surface area (Å²) in [6, 6.07) is 27.0. The number of amides is 2. The van der Waals surface area contributed by atoms with Gasteiger partial charge in [-0.25, -0.2) is 9.69 Å². The molecule has 3 aromatic carbocycles. The van der Waals surface area contributed by atoms with Gasteiger partial charge in [-0.3, -0.25) is 19.4 Å². The Labute approximate surface area is 210 Å². The first-order valence-corrected chi connectivity index (χ1v) is 12.2. The van der Waals surface area contributed by atoms with E-state index in [4.69, 9.17) is 4.74 Å². The van der Waals surface area contributed by atoms with Crippen molar-refractivity contribution in [2.24, 2.45) is 0 Å². The van der Waals surface area contributed by atoms with Gasteiger partial charge in [-0.1, -0.05) is 60.7 Å². The van der Waals surface area contributed by atoms with Crippen molar-refractivity contribution in [2.75, 3.05) is 38.2 Å². The lowest BCUT2D eigenvalue weighted by Gasteiger charge is -2.41. The minimum atomic E-state index is -0.466. The average molecular weight is 484 g/mol. The molecule has 0 radical (unpaired) electrons. The van der Waals surface area contributed by atoms with Crippen molar-refractivity contribution < 1.29 is 19.1 Å². The summed E-state index contributed by atoms with van der Waals surface area (Å²) in [5.74, 6) is -0.882. The molecule has 0 aromatic heterocycles. The summed E-state index contributed by atoms with van der Waals surface area (Å²) in [4.78, 5) is 43.7. The monoisotopic (exact) mass is 483 g/mol. The second kappa shape index (κ2) is 10.4. The molecule has 2 heterocycles. The molecular formula is C29H29N3O4. The molecule has 1 atom stereocenters. The fourth-order valence-electron chi connectivity index (χ4n) is 5.23. The summed E-state index contributed by atoms with van der Waals surface area (Å²) >= 11 is 0. The smallest absolute Gasteiger partial charge is 0.337 e. The molecule has 0 aliphatic carbocycles. The predicted octanol–water partition coefficient (Wildman–Crippen LogP) is 3.51. The number of nitrogens with zero attached hydrogens (tertiary/aromatic N) is 3. The SMILES string of the molecule is COC(=O)c1ccc(N2C(=O)CC(N3CCN(C(c4ccccc4)c4ccccc4)CC3)C2=O)cc1. The molecule has 5 rings (SSSR count). The van der Waals surface area contributed by atoms with E-state index in [2.05, 4.69) is 58.3 Å². The first-order chi connectivity index (χ1) is 17.6. The minimum absolute atomic E-state index is 0.139. The number of esters is 1. The first-order valence-electron chi connectivity index (χ1n) is 12.2. The van der Waals surface area contributed by atoms with Gasteiger partial charge >= 0.3 is 5.97 Å². The Morgan fingerprint density at radius 3 is 1.89 bits per heavy atom. The molecule has 0 N–H and O–H groups in total. The van der Waals surface area contributed by atoms with Crippen molar-refractivity contribution in [3.8, 4) is 0 Å². The van der Waals surface area contributed by atoms with Crippen molar-refractivity contribution in [1.82, 2.24) is 9.80 Å². The molecular weight excluding hydrogens is 454 g/mol. The predicted molar refractivity (Wildman–Crippen MR) is 137 cm³/mol. The summed E-state index contributed by atoms with van der Waals surface area (Å²) in [6.45, 7) is 2.99. The summed E-state index contributed by atoms with van der Waals surface area (Å²) < 4.78 is 4.73. The zero-order valence-corrected chi connectivity index (χ0v) is 20.2. The van der Waals surface area contributed by atoms with Crippen molar-refractivity contribution in [3.05, 3.63) is 102 Å². The number of hydrogen-bond acceptors (Lipinski definition) is 6. The van der Waals surface area contributed by atoms with Gasteiger partial charge in [0.05, 0.1) is 36.9 Å². The molecule has 2 fully saturated rings. The van der Waals surface area contributed by atoms with E-state index in [-0.39, 0.29) is 24.3 Å². The Morgan fingerprint density at radius 1 is 0.806 bits per heavy atom. The van der Waals surface area contributed by atoms with Crippen molar-refractivity contribution in [2.45, 2.75) is 18.5 Å². The Hall–Kier alpha value is -3.81. The molecule has 0 saturated carbocycles. The maximum absolute atomic E-state index is 13.3. The molecule has 2 aliphatic heterocycles. The number of piperazine rings is 1. The van der Waals surface area contributed by atoms with E-state index < -0.39 is 12.0 Å². The summed E-state index contributed by atoms with van der Waals surface area (Å²) in [5, 5.41) is 0. The zero-order chi connectivity index (χ0) is 25.1. The second-order valence-corrected chi connectivity index (χ2v) is 9.12. The molecule has 0 spiro atoms. The molecule has 2 amide bonds. The molecule has 2 saturated heterocycles. The Bertz CT molecular complexity index is 1180. The van der Waals surface area contributed by atoms with Crippen LogP contribution < -0.4 is 4.90 Å². The maximum atomic E-state index is 13.3. The van der Waals surface area contributed by atoms with Crippen LogP contribution in [0.25, 0.3) is 0 Å². The van der Waals surface area contributed by atoms with Gasteiger partial charge in [-0.15, -0.1) is 0 Å². The second-order valence-electron chi connectivity index (χ2n) is 9.12. The standard InChI is InChI=1S/C29H29N3O4/c1-36-29(35)23-12-14-24(15-13-23)32-26(33)20-25(28(32)34)30-16-18-31(19-17-30)27(21-8-4-2-5-9-21)22-10-6-3-7-11-22/h2-15,25,27H,16-20H2,1H3. The van der Waals surface area contributed by atoms with E-state index >= 15 is 0 Å². The van der Waals surface area contributed by atoms with Crippen LogP contribution in [-0.2, 0) is 14.3 Å². The Balaban J connectivity index is 1.28. The number of imide groups is 1. The van der Waals surface area contributed by atoms with Gasteiger partial charge in [-0.2, -0.15) is 0 Å². The van der Waals surface area contributed by atoms with Crippen LogP contribution in [0.5, 0.6) is 0 Å². The van der Waals surface area contributed by atoms with E-state index in [0.717, 1.165) is 13.1 Å². The number of carbonyl (C=O) groups excluding carboxylic acids is 3. The van der Waals surface area contributed by atoms with Gasteiger partial charge in [0.1, 0.15) is 0 Å². The lowest BCUT2D eigenvalue weighted by molar-refractivity contribution is -0.123. The minimum Gasteiger partial charge on any atom is -0.465 e. The largest absolute Gasteiger partial charge is 0.465 e. The van der Waals surface area contributed by atoms with Crippen LogP contribution in [0, 0.1) is 0 Å². The van der Waals surface area contributed by atoms with Crippen LogP contribution >= 0.6 is 0 Å². The van der Waals surface area contributed by atoms with Crippen LogP contribution in [0.15, 0.2) is 84.9 Å². The fourth-order valence-corrected chi connectivity index (χ4v) is 5.23. The number of carbonyl (C=O) groups is 3. The molecule has 36 heavy (non-hydrogen) atoms. The van der Waals surface area contributed by atoms with Gasteiger partial charge in [-0.05, 0) is 35.4 Å².